The van der Waals surface area contributed by atoms with Gasteiger partial charge in [-0.05, 0) is 6.07 Å². The Balaban J connectivity index is 2.18. The molecule has 7 heteroatoms. The van der Waals surface area contributed by atoms with Gasteiger partial charge in [-0.25, -0.2) is 13.4 Å². The van der Waals surface area contributed by atoms with E-state index in [-0.39, 0.29) is 0 Å². The van der Waals surface area contributed by atoms with Gasteiger partial charge in [0.25, 0.3) is 0 Å². The lowest BCUT2D eigenvalue weighted by atomic mass is 10.2. The number of rotatable bonds is 3. The molecule has 0 radical (unpaired) electrons. The monoisotopic (exact) mass is 287 g/mol. The zero-order valence-electron chi connectivity index (χ0n) is 10.2. The summed E-state index contributed by atoms with van der Waals surface area (Å²) in [4.78, 5) is 6.00. The van der Waals surface area contributed by atoms with E-state index in [1.165, 1.54) is 6.26 Å². The largest absolute Gasteiger partial charge is 0.383 e. The van der Waals surface area contributed by atoms with E-state index in [2.05, 4.69) is 4.98 Å². The van der Waals surface area contributed by atoms with Gasteiger partial charge in [-0.2, -0.15) is 11.8 Å². The third-order valence-electron chi connectivity index (χ3n) is 2.98. The molecule has 1 saturated heterocycles. The standard InChI is InChI=1S/C11H17N3O2S2/c1-18(15,16)10-8-17-6-5-14(10)7-9-3-2-4-13-11(9)12/h2-4,10H,5-8H2,1H3,(H2,12,13). The zero-order valence-corrected chi connectivity index (χ0v) is 11.9. The number of pyridine rings is 1. The van der Waals surface area contributed by atoms with E-state index in [4.69, 9.17) is 5.73 Å². The summed E-state index contributed by atoms with van der Waals surface area (Å²) in [5.41, 5.74) is 6.69. The van der Waals surface area contributed by atoms with Crippen molar-refractivity contribution in [1.29, 1.82) is 0 Å². The molecule has 0 aromatic carbocycles. The van der Waals surface area contributed by atoms with Gasteiger partial charge >= 0.3 is 0 Å². The maximum Gasteiger partial charge on any atom is 0.164 e. The lowest BCUT2D eigenvalue weighted by molar-refractivity contribution is 0.262. The van der Waals surface area contributed by atoms with E-state index in [1.807, 2.05) is 17.0 Å². The van der Waals surface area contributed by atoms with Crippen LogP contribution < -0.4 is 5.73 Å². The number of hydrogen-bond acceptors (Lipinski definition) is 6. The van der Waals surface area contributed by atoms with Crippen molar-refractivity contribution in [2.75, 3.05) is 30.0 Å². The number of sulfone groups is 1. The second-order valence-corrected chi connectivity index (χ2v) is 7.73. The van der Waals surface area contributed by atoms with Crippen LogP contribution >= 0.6 is 11.8 Å². The Morgan fingerprint density at radius 2 is 2.39 bits per heavy atom. The molecule has 0 amide bonds. The van der Waals surface area contributed by atoms with Gasteiger partial charge in [-0.3, -0.25) is 4.90 Å². The molecule has 1 fully saturated rings. The fourth-order valence-electron chi connectivity index (χ4n) is 1.99. The highest BCUT2D eigenvalue weighted by molar-refractivity contribution is 8.00. The lowest BCUT2D eigenvalue weighted by Gasteiger charge is -2.34. The summed E-state index contributed by atoms with van der Waals surface area (Å²) in [6.07, 6.45) is 2.93. The van der Waals surface area contributed by atoms with Crippen LogP contribution in [0.25, 0.3) is 0 Å². The second kappa shape index (κ2) is 5.46. The highest BCUT2D eigenvalue weighted by atomic mass is 32.2. The molecule has 0 aliphatic carbocycles. The van der Waals surface area contributed by atoms with Crippen LogP contribution in [-0.4, -0.2) is 48.0 Å². The molecule has 1 atom stereocenters. The molecule has 2 N–H and O–H groups in total. The predicted octanol–water partition coefficient (Wildman–Crippen LogP) is 0.583. The van der Waals surface area contributed by atoms with Gasteiger partial charge in [0.15, 0.2) is 9.84 Å². The Bertz CT molecular complexity index is 519. The maximum absolute atomic E-state index is 11.8. The van der Waals surface area contributed by atoms with Crippen molar-refractivity contribution in [2.24, 2.45) is 0 Å². The molecule has 18 heavy (non-hydrogen) atoms. The van der Waals surface area contributed by atoms with Crippen molar-refractivity contribution in [3.63, 3.8) is 0 Å². The van der Waals surface area contributed by atoms with Gasteiger partial charge < -0.3 is 5.73 Å². The van der Waals surface area contributed by atoms with Crippen LogP contribution in [0.1, 0.15) is 5.56 Å². The number of nitrogens with two attached hydrogens (primary N) is 1. The minimum Gasteiger partial charge on any atom is -0.383 e. The van der Waals surface area contributed by atoms with Crippen LogP contribution in [0.3, 0.4) is 0 Å². The van der Waals surface area contributed by atoms with Crippen molar-refractivity contribution < 1.29 is 8.42 Å². The number of nitrogen functional groups attached to an aromatic ring is 1. The zero-order chi connectivity index (χ0) is 13.2. The van der Waals surface area contributed by atoms with Gasteiger partial charge in [0.05, 0.1) is 0 Å². The number of nitrogens with zero attached hydrogens (tertiary/aromatic N) is 2. The van der Waals surface area contributed by atoms with Gasteiger partial charge in [-0.15, -0.1) is 0 Å². The van der Waals surface area contributed by atoms with Crippen LogP contribution in [0.5, 0.6) is 0 Å². The number of anilines is 1. The molecule has 0 bridgehead atoms. The van der Waals surface area contributed by atoms with E-state index in [0.29, 0.717) is 18.1 Å². The van der Waals surface area contributed by atoms with Crippen LogP contribution in [0.15, 0.2) is 18.3 Å². The Labute approximate surface area is 112 Å². The summed E-state index contributed by atoms with van der Waals surface area (Å²) in [6.45, 7) is 1.30. The summed E-state index contributed by atoms with van der Waals surface area (Å²) in [5, 5.41) is -0.421. The highest BCUT2D eigenvalue weighted by Crippen LogP contribution is 2.23. The van der Waals surface area contributed by atoms with Crippen LogP contribution in [0, 0.1) is 0 Å². The highest BCUT2D eigenvalue weighted by Gasteiger charge is 2.31. The summed E-state index contributed by atoms with van der Waals surface area (Å²) in [5.74, 6) is 2.05. The first-order valence-corrected chi connectivity index (χ1v) is 8.79. The molecule has 0 spiro atoms. The molecule has 100 valence electrons. The van der Waals surface area contributed by atoms with E-state index >= 15 is 0 Å². The Kier molecular flexibility index (Phi) is 4.14. The molecule has 1 aromatic rings. The quantitative estimate of drug-likeness (QED) is 0.876. The van der Waals surface area contributed by atoms with Crippen molar-refractivity contribution in [2.45, 2.75) is 11.9 Å². The maximum atomic E-state index is 11.8. The predicted molar refractivity (Wildman–Crippen MR) is 75.0 cm³/mol. The Morgan fingerprint density at radius 3 is 3.06 bits per heavy atom. The first-order valence-electron chi connectivity index (χ1n) is 5.68. The average Bonchev–Trinajstić information content (AvgIpc) is 2.31. The smallest absolute Gasteiger partial charge is 0.164 e. The number of hydrogen-bond donors (Lipinski definition) is 1. The van der Waals surface area contributed by atoms with Gasteiger partial charge in [0.2, 0.25) is 0 Å². The molecular weight excluding hydrogens is 270 g/mol. The Hall–Kier alpha value is -0.790. The summed E-state index contributed by atoms with van der Waals surface area (Å²) in [7, 11) is -3.06. The SMILES string of the molecule is CS(=O)(=O)C1CSCCN1Cc1cccnc1N. The van der Waals surface area contributed by atoms with Crippen molar-refractivity contribution in [3.8, 4) is 0 Å². The topological polar surface area (TPSA) is 76.3 Å². The first kappa shape index (κ1) is 13.6. The summed E-state index contributed by atoms with van der Waals surface area (Å²) in [6, 6.07) is 3.71. The molecule has 1 aliphatic rings. The molecule has 2 heterocycles. The van der Waals surface area contributed by atoms with Crippen LogP contribution in [0.4, 0.5) is 5.82 Å². The molecule has 1 aliphatic heterocycles. The Morgan fingerprint density at radius 1 is 1.61 bits per heavy atom. The van der Waals surface area contributed by atoms with Crippen LogP contribution in [0.2, 0.25) is 0 Å². The van der Waals surface area contributed by atoms with E-state index in [0.717, 1.165) is 17.9 Å². The average molecular weight is 287 g/mol. The summed E-state index contributed by atoms with van der Waals surface area (Å²) >= 11 is 1.68. The van der Waals surface area contributed by atoms with Crippen molar-refractivity contribution in [1.82, 2.24) is 9.88 Å². The third kappa shape index (κ3) is 3.15. The number of aromatic nitrogens is 1. The molecule has 1 aromatic heterocycles. The number of thioether (sulfide) groups is 1. The fourth-order valence-corrected chi connectivity index (χ4v) is 4.94. The molecule has 0 saturated carbocycles. The van der Waals surface area contributed by atoms with E-state index in [1.54, 1.807) is 18.0 Å². The third-order valence-corrected chi connectivity index (χ3v) is 5.67. The summed E-state index contributed by atoms with van der Waals surface area (Å²) < 4.78 is 23.5. The normalized spacial score (nSPS) is 21.9. The van der Waals surface area contributed by atoms with E-state index in [9.17, 15) is 8.42 Å². The molecule has 5 nitrogen and oxygen atoms in total. The van der Waals surface area contributed by atoms with E-state index < -0.39 is 15.2 Å². The van der Waals surface area contributed by atoms with Crippen molar-refractivity contribution in [3.05, 3.63) is 23.9 Å². The van der Waals surface area contributed by atoms with Crippen molar-refractivity contribution >= 4 is 27.4 Å². The van der Waals surface area contributed by atoms with Gasteiger partial charge in [-0.1, -0.05) is 6.07 Å². The van der Waals surface area contributed by atoms with Crippen LogP contribution in [-0.2, 0) is 16.4 Å². The molecule has 1 unspecified atom stereocenters. The lowest BCUT2D eigenvalue weighted by Crippen LogP contribution is -2.46. The molecular formula is C11H17N3O2S2. The minimum atomic E-state index is -3.06. The fraction of sp³-hybridized carbons (Fsp3) is 0.545. The van der Waals surface area contributed by atoms with Gasteiger partial charge in [0, 0.05) is 42.6 Å². The first-order chi connectivity index (χ1) is 8.48. The van der Waals surface area contributed by atoms with Gasteiger partial charge in [0.1, 0.15) is 11.2 Å². The second-order valence-electron chi connectivity index (χ2n) is 4.38. The minimum absolute atomic E-state index is 0.421. The molecule has 2 rings (SSSR count).